The molecule has 15 nitrogen and oxygen atoms in total. The number of fused-ring (bicyclic) bond motifs is 6. The van der Waals surface area contributed by atoms with E-state index in [4.69, 9.17) is 19.4 Å². The molecule has 3 aromatic carbocycles. The SMILES string of the molecule is COC(=O)N[C@H](C(=O)N1[C@@H]2CC[C@@H](C2)[C@H]1c1ncc(-c2ccc(-c3ccc(-c4ccc5nc([C@@H]6[C@H]7CC[C@H](C7)N6C(=O)[C@@H](NC(=O)OC)C(C)C)[nH]c(=O)c5c4)c4c3CC3(CCCC3)C4)cc2)[nH]1)C(C)C. The molecular weight excluding hydrogens is 897 g/mol. The number of aromatic amines is 2. The van der Waals surface area contributed by atoms with Gasteiger partial charge in [0.2, 0.25) is 11.8 Å². The minimum atomic E-state index is -0.765. The molecule has 4 aliphatic carbocycles. The Hall–Kier alpha value is -6.51. The number of nitrogens with zero attached hydrogens (tertiary/aromatic N) is 4. The summed E-state index contributed by atoms with van der Waals surface area (Å²) < 4.78 is 9.72. The zero-order valence-electron chi connectivity index (χ0n) is 41.7. The number of benzene rings is 3. The number of methoxy groups -OCH3 is 2. The van der Waals surface area contributed by atoms with Crippen molar-refractivity contribution in [1.82, 2.24) is 40.4 Å². The maximum Gasteiger partial charge on any atom is 0.407 e. The Labute approximate surface area is 414 Å². The maximum atomic E-state index is 14.2. The van der Waals surface area contributed by atoms with Gasteiger partial charge in [0.25, 0.3) is 5.56 Å². The molecule has 1 spiro atoms. The summed E-state index contributed by atoms with van der Waals surface area (Å²) in [6.45, 7) is 7.68. The van der Waals surface area contributed by atoms with Crippen molar-refractivity contribution in [1.29, 1.82) is 0 Å². The van der Waals surface area contributed by atoms with Crippen LogP contribution in [0.3, 0.4) is 0 Å². The molecule has 4 amide bonds. The second-order valence-electron chi connectivity index (χ2n) is 22.2. The number of alkyl carbamates (subject to hydrolysis) is 2. The first kappa shape index (κ1) is 46.8. The van der Waals surface area contributed by atoms with Crippen LogP contribution in [0, 0.1) is 29.1 Å². The summed E-state index contributed by atoms with van der Waals surface area (Å²) in [5.74, 6) is 1.19. The van der Waals surface area contributed by atoms with Gasteiger partial charge in [0, 0.05) is 12.1 Å². The molecule has 2 aliphatic heterocycles. The first-order valence-electron chi connectivity index (χ1n) is 25.9. The van der Waals surface area contributed by atoms with Gasteiger partial charge in [0.05, 0.1) is 49.1 Å². The van der Waals surface area contributed by atoms with Gasteiger partial charge in [-0.25, -0.2) is 19.6 Å². The molecule has 11 rings (SSSR count). The summed E-state index contributed by atoms with van der Waals surface area (Å²) in [5.41, 5.74) is 9.75. The number of ether oxygens (including phenoxy) is 2. The third-order valence-electron chi connectivity index (χ3n) is 17.4. The van der Waals surface area contributed by atoms with Gasteiger partial charge in [0.1, 0.15) is 23.7 Å². The monoisotopic (exact) mass is 963 g/mol. The van der Waals surface area contributed by atoms with Gasteiger partial charge in [-0.05, 0) is 144 Å². The highest BCUT2D eigenvalue weighted by atomic mass is 16.5. The molecule has 5 fully saturated rings. The van der Waals surface area contributed by atoms with Crippen molar-refractivity contribution in [2.45, 2.75) is 141 Å². The van der Waals surface area contributed by atoms with Gasteiger partial charge in [-0.15, -0.1) is 0 Å². The lowest BCUT2D eigenvalue weighted by Gasteiger charge is -2.37. The number of hydrogen-bond donors (Lipinski definition) is 4. The number of aromatic nitrogens is 4. The standard InChI is InChI=1S/C56H66N8O7/c1-29(2)45(60-54(68)70-5)52(66)63-36-16-13-34(23-36)47(63)49-57-28-44(59-49)32-11-9-31(10-12-32)38-18-19-39(42-27-56(26-41(38)42)21-7-8-22-56)33-15-20-43-40(25-33)51(65)62-50(58-43)48-35-14-17-37(24-35)64(48)53(67)46(30(3)4)61-55(69)71-6/h9-12,15,18-20,25,28-30,34-37,45-48H,7-8,13-14,16-17,21-24,26-27H2,1-6H3,(H,57,59)(H,60,68)(H,61,69)(H,58,62,65)/t34-,35-,36+,37+,45-,46-,47-,48-/m0/s1. The Kier molecular flexibility index (Phi) is 12.1. The third kappa shape index (κ3) is 8.16. The molecule has 4 N–H and O–H groups in total. The molecular formula is C56H66N8O7. The van der Waals surface area contributed by atoms with Crippen LogP contribution in [0.25, 0.3) is 44.4 Å². The molecule has 2 aromatic heterocycles. The third-order valence-corrected chi connectivity index (χ3v) is 17.4. The van der Waals surface area contributed by atoms with Crippen molar-refractivity contribution in [2.24, 2.45) is 29.1 Å². The van der Waals surface area contributed by atoms with Gasteiger partial charge >= 0.3 is 12.2 Å². The largest absolute Gasteiger partial charge is 0.453 e. The zero-order chi connectivity index (χ0) is 49.5. The van der Waals surface area contributed by atoms with Crippen LogP contribution in [-0.2, 0) is 31.9 Å². The van der Waals surface area contributed by atoms with Crippen molar-refractivity contribution >= 4 is 34.9 Å². The molecule has 0 radical (unpaired) electrons. The van der Waals surface area contributed by atoms with Crippen LogP contribution < -0.4 is 16.2 Å². The average molecular weight is 963 g/mol. The molecule has 0 unspecified atom stereocenters. The van der Waals surface area contributed by atoms with Crippen LogP contribution in [0.4, 0.5) is 9.59 Å². The first-order valence-corrected chi connectivity index (χ1v) is 25.9. The van der Waals surface area contributed by atoms with E-state index in [1.165, 1.54) is 56.6 Å². The van der Waals surface area contributed by atoms with Gasteiger partial charge in [-0.2, -0.15) is 0 Å². The Morgan fingerprint density at radius 1 is 0.676 bits per heavy atom. The second-order valence-corrected chi connectivity index (χ2v) is 22.2. The molecule has 4 heterocycles. The predicted molar refractivity (Wildman–Crippen MR) is 269 cm³/mol. The number of carbonyl (C=O) groups is 4. The van der Waals surface area contributed by atoms with Crippen LogP contribution >= 0.6 is 0 Å². The fraction of sp³-hybridized carbons (Fsp3) is 0.518. The number of carbonyl (C=O) groups excluding carboxylic acids is 4. The van der Waals surface area contributed by atoms with Crippen molar-refractivity contribution < 1.29 is 28.7 Å². The van der Waals surface area contributed by atoms with Gasteiger partial charge in [-0.3, -0.25) is 14.4 Å². The Balaban J connectivity index is 0.869. The molecule has 5 aromatic rings. The van der Waals surface area contributed by atoms with Crippen molar-refractivity contribution in [3.63, 3.8) is 0 Å². The van der Waals surface area contributed by atoms with Crippen LogP contribution in [0.15, 0.2) is 65.6 Å². The quantitative estimate of drug-likeness (QED) is 0.1000. The topological polar surface area (TPSA) is 192 Å². The molecule has 15 heteroatoms. The van der Waals surface area contributed by atoms with E-state index in [0.717, 1.165) is 85.1 Å². The highest BCUT2D eigenvalue weighted by Gasteiger charge is 2.53. The van der Waals surface area contributed by atoms with E-state index < -0.39 is 24.3 Å². The minimum Gasteiger partial charge on any atom is -0.453 e. The van der Waals surface area contributed by atoms with E-state index in [1.807, 2.05) is 55.8 Å². The maximum absolute atomic E-state index is 14.2. The molecule has 71 heavy (non-hydrogen) atoms. The number of hydrogen-bond acceptors (Lipinski definition) is 9. The normalized spacial score (nSPS) is 24.6. The number of imidazole rings is 1. The van der Waals surface area contributed by atoms with Crippen molar-refractivity contribution in [2.75, 3.05) is 14.2 Å². The molecule has 6 aliphatic rings. The Bertz CT molecular complexity index is 2970. The van der Waals surface area contributed by atoms with Gasteiger partial charge < -0.3 is 39.9 Å². The summed E-state index contributed by atoms with van der Waals surface area (Å²) in [4.78, 5) is 87.5. The molecule has 3 saturated carbocycles. The van der Waals surface area contributed by atoms with E-state index >= 15 is 0 Å². The number of piperidine rings is 2. The number of amides is 4. The van der Waals surface area contributed by atoms with Crippen LogP contribution in [-0.4, -0.2) is 92.1 Å². The lowest BCUT2D eigenvalue weighted by molar-refractivity contribution is -0.140. The van der Waals surface area contributed by atoms with Gasteiger partial charge in [-0.1, -0.05) is 83.0 Å². The van der Waals surface area contributed by atoms with E-state index in [0.29, 0.717) is 22.6 Å². The number of likely N-dealkylation sites (tertiary alicyclic amines) is 2. The van der Waals surface area contributed by atoms with E-state index in [9.17, 15) is 24.0 Å². The molecule has 8 atom stereocenters. The lowest BCUT2D eigenvalue weighted by atomic mass is 9.82. The average Bonchev–Trinajstić information content (AvgIpc) is 4.26. The van der Waals surface area contributed by atoms with Crippen LogP contribution in [0.5, 0.6) is 0 Å². The van der Waals surface area contributed by atoms with Crippen LogP contribution in [0.1, 0.15) is 127 Å². The summed E-state index contributed by atoms with van der Waals surface area (Å²) in [5, 5.41) is 6.04. The highest BCUT2D eigenvalue weighted by molar-refractivity contribution is 5.89. The fourth-order valence-electron chi connectivity index (χ4n) is 13.9. The minimum absolute atomic E-state index is 0.0175. The predicted octanol–water partition coefficient (Wildman–Crippen LogP) is 9.17. The van der Waals surface area contributed by atoms with E-state index in [1.54, 1.807) is 0 Å². The number of rotatable bonds is 11. The second kappa shape index (κ2) is 18.3. The molecule has 2 saturated heterocycles. The summed E-state index contributed by atoms with van der Waals surface area (Å²) in [6.07, 6.45) is 13.1. The summed E-state index contributed by atoms with van der Waals surface area (Å²) in [6, 6.07) is 17.3. The summed E-state index contributed by atoms with van der Waals surface area (Å²) in [7, 11) is 2.60. The van der Waals surface area contributed by atoms with E-state index in [2.05, 4.69) is 63.1 Å². The number of nitrogens with one attached hydrogen (secondary N) is 4. The zero-order valence-corrected chi connectivity index (χ0v) is 41.7. The molecule has 4 bridgehead atoms. The van der Waals surface area contributed by atoms with Crippen molar-refractivity contribution in [3.8, 4) is 33.5 Å². The first-order chi connectivity index (χ1) is 34.2. The van der Waals surface area contributed by atoms with Crippen molar-refractivity contribution in [3.05, 3.63) is 93.9 Å². The highest BCUT2D eigenvalue weighted by Crippen LogP contribution is 2.54. The summed E-state index contributed by atoms with van der Waals surface area (Å²) >= 11 is 0. The van der Waals surface area contributed by atoms with Gasteiger partial charge in [0.15, 0.2) is 0 Å². The lowest BCUT2D eigenvalue weighted by Crippen LogP contribution is -2.54. The van der Waals surface area contributed by atoms with E-state index in [-0.39, 0.29) is 64.7 Å². The number of H-pyrrole nitrogens is 2. The van der Waals surface area contributed by atoms with Crippen LogP contribution in [0.2, 0.25) is 0 Å². The Morgan fingerprint density at radius 2 is 1.20 bits per heavy atom. The smallest absolute Gasteiger partial charge is 0.407 e. The molecule has 372 valence electrons. The Morgan fingerprint density at radius 3 is 1.75 bits per heavy atom. The fourth-order valence-corrected chi connectivity index (χ4v) is 13.9.